The number of nitrogen functional groups attached to an aromatic ring is 1. The van der Waals surface area contributed by atoms with Crippen LogP contribution in [0.2, 0.25) is 5.02 Å². The minimum absolute atomic E-state index is 0.277. The Bertz CT molecular complexity index is 524. The molecule has 2 N–H and O–H groups in total. The number of halogens is 2. The molecule has 0 aliphatic heterocycles. The number of nitrogens with zero attached hydrogens (tertiary/aromatic N) is 3. The standard InChI is InChI=1S/C10H10ClFN4/c1-2-8-10(13)14-15-16(8)9-4-3-6(12)5-7(9)11/h3-5H,2,13H2,1H3. The first-order valence-corrected chi connectivity index (χ1v) is 5.16. The van der Waals surface area contributed by atoms with E-state index in [1.165, 1.54) is 16.8 Å². The van der Waals surface area contributed by atoms with Crippen LogP contribution in [0.4, 0.5) is 10.2 Å². The van der Waals surface area contributed by atoms with E-state index in [2.05, 4.69) is 10.3 Å². The molecule has 1 aromatic heterocycles. The number of hydrogen-bond donors (Lipinski definition) is 1. The average Bonchev–Trinajstić information content (AvgIpc) is 2.59. The zero-order valence-corrected chi connectivity index (χ0v) is 9.37. The van der Waals surface area contributed by atoms with Crippen LogP contribution in [0.5, 0.6) is 0 Å². The Morgan fingerprint density at radius 3 is 2.88 bits per heavy atom. The Hall–Kier alpha value is -1.62. The highest BCUT2D eigenvalue weighted by atomic mass is 35.5. The van der Waals surface area contributed by atoms with Crippen LogP contribution < -0.4 is 5.73 Å². The van der Waals surface area contributed by atoms with Crippen molar-refractivity contribution in [2.24, 2.45) is 0 Å². The monoisotopic (exact) mass is 240 g/mol. The normalized spacial score (nSPS) is 10.7. The van der Waals surface area contributed by atoms with E-state index in [-0.39, 0.29) is 10.8 Å². The number of benzene rings is 1. The van der Waals surface area contributed by atoms with E-state index in [4.69, 9.17) is 17.3 Å². The molecule has 0 amide bonds. The van der Waals surface area contributed by atoms with Crippen LogP contribution >= 0.6 is 11.6 Å². The second-order valence-electron chi connectivity index (χ2n) is 3.28. The number of nitrogens with two attached hydrogens (primary N) is 1. The Morgan fingerprint density at radius 2 is 2.25 bits per heavy atom. The molecule has 0 atom stereocenters. The molecule has 0 saturated heterocycles. The highest BCUT2D eigenvalue weighted by Gasteiger charge is 2.12. The lowest BCUT2D eigenvalue weighted by Gasteiger charge is -2.06. The van der Waals surface area contributed by atoms with E-state index in [0.717, 1.165) is 5.69 Å². The summed E-state index contributed by atoms with van der Waals surface area (Å²) in [5.41, 5.74) is 6.99. The Balaban J connectivity index is 2.58. The lowest BCUT2D eigenvalue weighted by atomic mass is 10.2. The minimum Gasteiger partial charge on any atom is -0.381 e. The third-order valence-electron chi connectivity index (χ3n) is 2.27. The molecule has 0 aliphatic rings. The second kappa shape index (κ2) is 4.09. The van der Waals surface area contributed by atoms with Gasteiger partial charge in [-0.25, -0.2) is 9.07 Å². The summed E-state index contributed by atoms with van der Waals surface area (Å²) in [6.45, 7) is 1.93. The maximum Gasteiger partial charge on any atom is 0.169 e. The molecule has 0 unspecified atom stereocenters. The third kappa shape index (κ3) is 1.74. The van der Waals surface area contributed by atoms with Gasteiger partial charge in [0.1, 0.15) is 5.82 Å². The zero-order valence-electron chi connectivity index (χ0n) is 8.61. The van der Waals surface area contributed by atoms with Crippen molar-refractivity contribution >= 4 is 17.4 Å². The molecule has 84 valence electrons. The van der Waals surface area contributed by atoms with Gasteiger partial charge in [-0.1, -0.05) is 23.7 Å². The molecule has 0 bridgehead atoms. The predicted octanol–water partition coefficient (Wildman–Crippen LogP) is 2.20. The number of aromatic nitrogens is 3. The van der Waals surface area contributed by atoms with Gasteiger partial charge in [0.2, 0.25) is 0 Å². The van der Waals surface area contributed by atoms with Crippen LogP contribution in [0.15, 0.2) is 18.2 Å². The van der Waals surface area contributed by atoms with Crippen molar-refractivity contribution in [3.8, 4) is 5.69 Å². The van der Waals surface area contributed by atoms with E-state index < -0.39 is 0 Å². The molecule has 2 rings (SSSR count). The summed E-state index contributed by atoms with van der Waals surface area (Å²) in [7, 11) is 0. The van der Waals surface area contributed by atoms with E-state index in [9.17, 15) is 4.39 Å². The van der Waals surface area contributed by atoms with E-state index >= 15 is 0 Å². The summed E-state index contributed by atoms with van der Waals surface area (Å²) in [6.07, 6.45) is 0.673. The molecule has 0 radical (unpaired) electrons. The van der Waals surface area contributed by atoms with Crippen LogP contribution in [0.1, 0.15) is 12.6 Å². The molecule has 2 aromatic rings. The van der Waals surface area contributed by atoms with Crippen molar-refractivity contribution < 1.29 is 4.39 Å². The molecule has 4 nitrogen and oxygen atoms in total. The zero-order chi connectivity index (χ0) is 11.7. The second-order valence-corrected chi connectivity index (χ2v) is 3.69. The van der Waals surface area contributed by atoms with Gasteiger partial charge in [-0.2, -0.15) is 0 Å². The van der Waals surface area contributed by atoms with E-state index in [0.29, 0.717) is 17.9 Å². The predicted molar refractivity (Wildman–Crippen MR) is 60.1 cm³/mol. The molecule has 0 aliphatic carbocycles. The van der Waals surface area contributed by atoms with Gasteiger partial charge in [-0.05, 0) is 24.6 Å². The third-order valence-corrected chi connectivity index (χ3v) is 2.57. The summed E-state index contributed by atoms with van der Waals surface area (Å²) >= 11 is 5.93. The number of anilines is 1. The Morgan fingerprint density at radius 1 is 1.50 bits per heavy atom. The van der Waals surface area contributed by atoms with Gasteiger partial charge in [-0.3, -0.25) is 0 Å². The smallest absolute Gasteiger partial charge is 0.169 e. The average molecular weight is 241 g/mol. The quantitative estimate of drug-likeness (QED) is 0.876. The van der Waals surface area contributed by atoms with Crippen LogP contribution in [0, 0.1) is 5.82 Å². The highest BCUT2D eigenvalue weighted by Crippen LogP contribution is 2.23. The van der Waals surface area contributed by atoms with Gasteiger partial charge >= 0.3 is 0 Å². The fraction of sp³-hybridized carbons (Fsp3) is 0.200. The first-order valence-electron chi connectivity index (χ1n) is 4.79. The van der Waals surface area contributed by atoms with Crippen molar-refractivity contribution in [3.63, 3.8) is 0 Å². The summed E-state index contributed by atoms with van der Waals surface area (Å²) in [4.78, 5) is 0. The van der Waals surface area contributed by atoms with Crippen molar-refractivity contribution in [3.05, 3.63) is 34.7 Å². The maximum absolute atomic E-state index is 12.9. The van der Waals surface area contributed by atoms with Crippen molar-refractivity contribution in [1.82, 2.24) is 15.0 Å². The molecule has 0 fully saturated rings. The summed E-state index contributed by atoms with van der Waals surface area (Å²) in [6, 6.07) is 4.09. The topological polar surface area (TPSA) is 56.7 Å². The Kier molecular flexibility index (Phi) is 2.78. The first-order chi connectivity index (χ1) is 7.63. The van der Waals surface area contributed by atoms with Crippen molar-refractivity contribution in [1.29, 1.82) is 0 Å². The summed E-state index contributed by atoms with van der Waals surface area (Å²) in [5, 5.41) is 7.93. The molecule has 0 saturated carbocycles. The van der Waals surface area contributed by atoms with Gasteiger partial charge in [0, 0.05) is 0 Å². The summed E-state index contributed by atoms with van der Waals surface area (Å²) < 4.78 is 14.4. The van der Waals surface area contributed by atoms with Gasteiger partial charge < -0.3 is 5.73 Å². The van der Waals surface area contributed by atoms with Gasteiger partial charge in [-0.15, -0.1) is 5.10 Å². The van der Waals surface area contributed by atoms with Crippen molar-refractivity contribution in [2.75, 3.05) is 5.73 Å². The fourth-order valence-corrected chi connectivity index (χ4v) is 1.74. The van der Waals surface area contributed by atoms with Crippen LogP contribution in [0.25, 0.3) is 5.69 Å². The van der Waals surface area contributed by atoms with Crippen LogP contribution in [0.3, 0.4) is 0 Å². The lowest BCUT2D eigenvalue weighted by molar-refractivity contribution is 0.626. The van der Waals surface area contributed by atoms with Gasteiger partial charge in [0.15, 0.2) is 5.82 Å². The molecule has 1 heterocycles. The SMILES string of the molecule is CCc1c(N)nnn1-c1ccc(F)cc1Cl. The lowest BCUT2D eigenvalue weighted by Crippen LogP contribution is -2.03. The molecular weight excluding hydrogens is 231 g/mol. The van der Waals surface area contributed by atoms with Gasteiger partial charge in [0.25, 0.3) is 0 Å². The molecule has 0 spiro atoms. The number of rotatable bonds is 2. The Labute approximate surface area is 96.8 Å². The largest absolute Gasteiger partial charge is 0.381 e. The van der Waals surface area contributed by atoms with E-state index in [1.807, 2.05) is 6.92 Å². The highest BCUT2D eigenvalue weighted by molar-refractivity contribution is 6.32. The molecule has 1 aromatic carbocycles. The van der Waals surface area contributed by atoms with Crippen LogP contribution in [-0.2, 0) is 6.42 Å². The number of hydrogen-bond acceptors (Lipinski definition) is 3. The minimum atomic E-state index is -0.389. The van der Waals surface area contributed by atoms with E-state index in [1.54, 1.807) is 6.07 Å². The van der Waals surface area contributed by atoms with Gasteiger partial charge in [0.05, 0.1) is 16.4 Å². The molecule has 6 heteroatoms. The van der Waals surface area contributed by atoms with Crippen molar-refractivity contribution in [2.45, 2.75) is 13.3 Å². The first kappa shape index (κ1) is 10.9. The molecular formula is C10H10ClFN4. The summed E-state index contributed by atoms with van der Waals surface area (Å²) in [5.74, 6) is -0.0252. The maximum atomic E-state index is 12.9. The fourth-order valence-electron chi connectivity index (χ4n) is 1.49. The molecule has 16 heavy (non-hydrogen) atoms. The van der Waals surface area contributed by atoms with Crippen LogP contribution in [-0.4, -0.2) is 15.0 Å².